The molecule has 1 aromatic carbocycles. The Morgan fingerprint density at radius 2 is 2.11 bits per heavy atom. The van der Waals surface area contributed by atoms with E-state index in [1.807, 2.05) is 24.5 Å². The van der Waals surface area contributed by atoms with Gasteiger partial charge in [-0.05, 0) is 30.9 Å². The van der Waals surface area contributed by atoms with Crippen LogP contribution in [-0.2, 0) is 4.79 Å². The first-order valence-electron chi connectivity index (χ1n) is 5.95. The summed E-state index contributed by atoms with van der Waals surface area (Å²) in [5, 5.41) is 0.794. The number of nitrogens with zero attached hydrogens (tertiary/aromatic N) is 1. The summed E-state index contributed by atoms with van der Waals surface area (Å²) in [5.74, 6) is 0.283. The standard InChI is InChI=1S/C14H15ClNO.Na/c15-13-7-3-1-5-11(13)12-6-2-4-8-14(12)16-9-10-17;/h1,3,5,7,12H,2,4,6,8-9H2;/q-1;+1. The molecule has 0 radical (unpaired) electrons. The number of hydrogen-bond acceptors (Lipinski definition) is 2. The molecule has 0 N–H and O–H groups in total. The molecule has 0 aliphatic heterocycles. The topological polar surface area (TPSA) is 29.4 Å². The number of halogens is 1. The first-order chi connectivity index (χ1) is 8.33. The van der Waals surface area contributed by atoms with Crippen LogP contribution in [0.3, 0.4) is 0 Å². The fraction of sp³-hybridized carbons (Fsp3) is 0.429. The minimum Gasteiger partial charge on any atom is -0.540 e. The Morgan fingerprint density at radius 1 is 1.33 bits per heavy atom. The van der Waals surface area contributed by atoms with E-state index in [1.165, 1.54) is 6.42 Å². The van der Waals surface area contributed by atoms with Crippen LogP contribution in [0.5, 0.6) is 0 Å². The average Bonchev–Trinajstić information content (AvgIpc) is 2.37. The van der Waals surface area contributed by atoms with E-state index in [0.29, 0.717) is 0 Å². The van der Waals surface area contributed by atoms with Crippen molar-refractivity contribution >= 4 is 23.6 Å². The van der Waals surface area contributed by atoms with Crippen LogP contribution >= 0.6 is 11.6 Å². The van der Waals surface area contributed by atoms with Crippen LogP contribution in [-0.4, -0.2) is 18.5 Å². The second-order valence-electron chi connectivity index (χ2n) is 4.27. The van der Waals surface area contributed by atoms with E-state index in [9.17, 15) is 4.79 Å². The molecule has 1 saturated carbocycles. The minimum atomic E-state index is 0. The Hall–Kier alpha value is -0.150. The molecule has 0 bridgehead atoms. The molecule has 0 aromatic heterocycles. The summed E-state index contributed by atoms with van der Waals surface area (Å²) < 4.78 is 0. The molecule has 1 aliphatic rings. The van der Waals surface area contributed by atoms with Crippen molar-refractivity contribution in [3.8, 4) is 0 Å². The van der Waals surface area contributed by atoms with E-state index in [-0.39, 0.29) is 42.0 Å². The molecule has 4 heteroatoms. The molecule has 0 saturated heterocycles. The van der Waals surface area contributed by atoms with Crippen molar-refractivity contribution in [2.45, 2.75) is 31.6 Å². The van der Waals surface area contributed by atoms with E-state index >= 15 is 0 Å². The van der Waals surface area contributed by atoms with Crippen LogP contribution in [0, 0.1) is 0 Å². The second-order valence-corrected chi connectivity index (χ2v) is 4.68. The molecule has 1 atom stereocenters. The third kappa shape index (κ3) is 3.92. The summed E-state index contributed by atoms with van der Waals surface area (Å²) in [6.07, 6.45) is 6.22. The number of rotatable bonds is 3. The predicted octanol–water partition coefficient (Wildman–Crippen LogP) is 0.552. The summed E-state index contributed by atoms with van der Waals surface area (Å²) in [7, 11) is 0. The van der Waals surface area contributed by atoms with Crippen LogP contribution in [0.1, 0.15) is 37.2 Å². The molecular weight excluding hydrogens is 257 g/mol. The van der Waals surface area contributed by atoms with Gasteiger partial charge < -0.3 is 9.79 Å². The molecule has 18 heavy (non-hydrogen) atoms. The van der Waals surface area contributed by atoms with E-state index in [4.69, 9.17) is 11.6 Å². The second kappa shape index (κ2) is 8.11. The van der Waals surface area contributed by atoms with E-state index in [0.717, 1.165) is 35.6 Å². The SMILES string of the molecule is O=[C-]CN=C1CCCCC1c1ccccc1Cl.[Na+]. The van der Waals surface area contributed by atoms with Crippen LogP contribution in [0.25, 0.3) is 0 Å². The number of hydrogen-bond donors (Lipinski definition) is 0. The third-order valence-corrected chi connectivity index (χ3v) is 3.55. The van der Waals surface area contributed by atoms with Crippen molar-refractivity contribution in [1.29, 1.82) is 0 Å². The zero-order chi connectivity index (χ0) is 12.1. The Bertz CT molecular complexity index is 434. The van der Waals surface area contributed by atoms with Gasteiger partial charge in [0.25, 0.3) is 0 Å². The summed E-state index contributed by atoms with van der Waals surface area (Å²) in [4.78, 5) is 14.6. The quantitative estimate of drug-likeness (QED) is 0.583. The van der Waals surface area contributed by atoms with Gasteiger partial charge in [0, 0.05) is 16.7 Å². The third-order valence-electron chi connectivity index (χ3n) is 3.21. The van der Waals surface area contributed by atoms with Gasteiger partial charge in [-0.3, -0.25) is 0 Å². The number of carbonyl (C=O) groups excluding carboxylic acids is 1. The summed E-state index contributed by atoms with van der Waals surface area (Å²) in [6.45, 7) is 0.149. The van der Waals surface area contributed by atoms with Gasteiger partial charge in [-0.25, -0.2) is 6.29 Å². The smallest absolute Gasteiger partial charge is 0.540 e. The van der Waals surface area contributed by atoms with Crippen molar-refractivity contribution in [1.82, 2.24) is 0 Å². The molecule has 1 aromatic rings. The normalized spacial score (nSPS) is 21.4. The van der Waals surface area contributed by atoms with Gasteiger partial charge in [-0.1, -0.05) is 42.8 Å². The Morgan fingerprint density at radius 3 is 2.83 bits per heavy atom. The first kappa shape index (κ1) is 15.9. The molecule has 0 heterocycles. The largest absolute Gasteiger partial charge is 1.00 e. The Labute approximate surface area is 135 Å². The fourth-order valence-electron chi connectivity index (χ4n) is 2.41. The minimum absolute atomic E-state index is 0. The Kier molecular flexibility index (Phi) is 7.16. The number of benzene rings is 1. The van der Waals surface area contributed by atoms with Gasteiger partial charge in [0.2, 0.25) is 0 Å². The zero-order valence-corrected chi connectivity index (χ0v) is 13.4. The maximum atomic E-state index is 10.3. The molecule has 1 fully saturated rings. The molecule has 1 unspecified atom stereocenters. The van der Waals surface area contributed by atoms with Gasteiger partial charge in [-0.15, -0.1) is 0 Å². The molecule has 0 amide bonds. The number of aliphatic imine (C=N–C) groups is 1. The summed E-state index contributed by atoms with van der Waals surface area (Å²) in [5.41, 5.74) is 2.24. The van der Waals surface area contributed by atoms with Crippen molar-refractivity contribution in [2.24, 2.45) is 4.99 Å². The van der Waals surface area contributed by atoms with Crippen molar-refractivity contribution < 1.29 is 34.4 Å². The van der Waals surface area contributed by atoms with Gasteiger partial charge in [-0.2, -0.15) is 0 Å². The summed E-state index contributed by atoms with van der Waals surface area (Å²) in [6, 6.07) is 7.90. The van der Waals surface area contributed by atoms with Crippen LogP contribution in [0.2, 0.25) is 5.02 Å². The van der Waals surface area contributed by atoms with Crippen molar-refractivity contribution in [3.05, 3.63) is 34.9 Å². The van der Waals surface area contributed by atoms with Crippen molar-refractivity contribution in [3.63, 3.8) is 0 Å². The van der Waals surface area contributed by atoms with E-state index in [2.05, 4.69) is 11.1 Å². The van der Waals surface area contributed by atoms with Crippen LogP contribution < -0.4 is 29.6 Å². The first-order valence-corrected chi connectivity index (χ1v) is 6.33. The van der Waals surface area contributed by atoms with Gasteiger partial charge in [0.1, 0.15) is 0 Å². The molecule has 2 rings (SSSR count). The molecule has 90 valence electrons. The van der Waals surface area contributed by atoms with Gasteiger partial charge in [0.15, 0.2) is 0 Å². The van der Waals surface area contributed by atoms with E-state index < -0.39 is 0 Å². The van der Waals surface area contributed by atoms with Gasteiger partial charge in [0.05, 0.1) is 0 Å². The Balaban J connectivity index is 0.00000162. The summed E-state index contributed by atoms with van der Waals surface area (Å²) >= 11 is 6.22. The van der Waals surface area contributed by atoms with Gasteiger partial charge >= 0.3 is 29.6 Å². The predicted molar refractivity (Wildman–Crippen MR) is 70.7 cm³/mol. The maximum absolute atomic E-state index is 10.3. The average molecular weight is 272 g/mol. The zero-order valence-electron chi connectivity index (χ0n) is 10.7. The monoisotopic (exact) mass is 271 g/mol. The molecular formula is C14H15ClNNaO. The van der Waals surface area contributed by atoms with E-state index in [1.54, 1.807) is 0 Å². The maximum Gasteiger partial charge on any atom is 1.00 e. The van der Waals surface area contributed by atoms with Crippen LogP contribution in [0.4, 0.5) is 0 Å². The van der Waals surface area contributed by atoms with Crippen molar-refractivity contribution in [2.75, 3.05) is 6.54 Å². The molecule has 1 aliphatic carbocycles. The fourth-order valence-corrected chi connectivity index (χ4v) is 2.68. The van der Waals surface area contributed by atoms with Crippen LogP contribution in [0.15, 0.2) is 29.3 Å². The molecule has 2 nitrogen and oxygen atoms in total. The molecule has 0 spiro atoms.